The van der Waals surface area contributed by atoms with Crippen LogP contribution in [0.1, 0.15) is 43.6 Å². The number of methoxy groups -OCH3 is 1. The van der Waals surface area contributed by atoms with Gasteiger partial charge in [0.1, 0.15) is 11.9 Å². The van der Waals surface area contributed by atoms with Crippen LogP contribution < -0.4 is 5.73 Å². The van der Waals surface area contributed by atoms with Crippen LogP contribution in [-0.2, 0) is 10.2 Å². The maximum Gasteiger partial charge on any atom is 0.144 e. The monoisotopic (exact) mass is 319 g/mol. The Hall–Kier alpha value is -1.71. The normalized spacial score (nSPS) is 13.1. The Balaban J connectivity index is 2.57. The van der Waals surface area contributed by atoms with Gasteiger partial charge in [-0.1, -0.05) is 44.5 Å². The summed E-state index contributed by atoms with van der Waals surface area (Å²) >= 11 is 5.94. The standard InChI is InChI=1S/C18H22ClNO2/c1-18(2,3)12-9-14(16(21)15(20)10-12)17(22-4)11-5-7-13(19)8-6-11/h5-10,17,21H,20H2,1-4H3. The third kappa shape index (κ3) is 3.37. The molecule has 0 radical (unpaired) electrons. The van der Waals surface area contributed by atoms with E-state index in [4.69, 9.17) is 22.1 Å². The number of rotatable bonds is 3. The molecule has 4 heteroatoms. The van der Waals surface area contributed by atoms with Gasteiger partial charge in [-0.25, -0.2) is 0 Å². The first-order chi connectivity index (χ1) is 10.2. The van der Waals surface area contributed by atoms with Crippen molar-refractivity contribution >= 4 is 17.3 Å². The molecule has 0 heterocycles. The largest absolute Gasteiger partial charge is 0.505 e. The first kappa shape index (κ1) is 16.7. The van der Waals surface area contributed by atoms with Crippen molar-refractivity contribution in [2.24, 2.45) is 0 Å². The van der Waals surface area contributed by atoms with E-state index in [1.807, 2.05) is 24.3 Å². The summed E-state index contributed by atoms with van der Waals surface area (Å²) in [5.41, 5.74) is 8.89. The fraction of sp³-hybridized carbons (Fsp3) is 0.333. The summed E-state index contributed by atoms with van der Waals surface area (Å²) in [5, 5.41) is 11.0. The average molecular weight is 320 g/mol. The number of anilines is 1. The van der Waals surface area contributed by atoms with Crippen LogP contribution in [-0.4, -0.2) is 12.2 Å². The highest BCUT2D eigenvalue weighted by Crippen LogP contribution is 2.39. The van der Waals surface area contributed by atoms with E-state index in [1.165, 1.54) is 0 Å². The number of nitrogen functional groups attached to an aromatic ring is 1. The zero-order valence-corrected chi connectivity index (χ0v) is 14.1. The van der Waals surface area contributed by atoms with Crippen LogP contribution in [0, 0.1) is 0 Å². The fourth-order valence-corrected chi connectivity index (χ4v) is 2.52. The Bertz CT molecular complexity index is 660. The van der Waals surface area contributed by atoms with Gasteiger partial charge in [-0.05, 0) is 40.8 Å². The molecule has 0 saturated heterocycles. The highest BCUT2D eigenvalue weighted by Gasteiger charge is 2.23. The summed E-state index contributed by atoms with van der Waals surface area (Å²) in [7, 11) is 1.61. The molecule has 3 N–H and O–H groups in total. The Kier molecular flexibility index (Phi) is 4.69. The molecule has 0 aromatic heterocycles. The molecular formula is C18H22ClNO2. The van der Waals surface area contributed by atoms with Crippen molar-refractivity contribution in [2.75, 3.05) is 12.8 Å². The molecule has 0 aliphatic carbocycles. The average Bonchev–Trinajstić information content (AvgIpc) is 2.44. The molecule has 118 valence electrons. The van der Waals surface area contributed by atoms with Crippen LogP contribution in [0.2, 0.25) is 5.02 Å². The molecule has 0 bridgehead atoms. The Morgan fingerprint density at radius 1 is 1.14 bits per heavy atom. The molecule has 0 saturated carbocycles. The summed E-state index contributed by atoms with van der Waals surface area (Å²) < 4.78 is 5.61. The third-order valence-electron chi connectivity index (χ3n) is 3.73. The molecule has 3 nitrogen and oxygen atoms in total. The molecule has 0 aliphatic heterocycles. The number of hydrogen-bond donors (Lipinski definition) is 2. The number of nitrogens with two attached hydrogens (primary N) is 1. The quantitative estimate of drug-likeness (QED) is 0.639. The molecule has 0 amide bonds. The minimum atomic E-state index is -0.401. The van der Waals surface area contributed by atoms with Crippen LogP contribution in [0.15, 0.2) is 36.4 Å². The topological polar surface area (TPSA) is 55.5 Å². The minimum Gasteiger partial charge on any atom is -0.505 e. The highest BCUT2D eigenvalue weighted by molar-refractivity contribution is 6.30. The van der Waals surface area contributed by atoms with E-state index in [0.29, 0.717) is 16.3 Å². The van der Waals surface area contributed by atoms with Gasteiger partial charge in [-0.3, -0.25) is 0 Å². The SMILES string of the molecule is COC(c1ccc(Cl)cc1)c1cc(C(C)(C)C)cc(N)c1O. The molecular weight excluding hydrogens is 298 g/mol. The van der Waals surface area contributed by atoms with Gasteiger partial charge in [0.2, 0.25) is 0 Å². The second-order valence-corrected chi connectivity index (χ2v) is 6.86. The number of phenols is 1. The lowest BCUT2D eigenvalue weighted by Crippen LogP contribution is -2.14. The molecule has 2 aromatic carbocycles. The van der Waals surface area contributed by atoms with Crippen LogP contribution in [0.3, 0.4) is 0 Å². The highest BCUT2D eigenvalue weighted by atomic mass is 35.5. The van der Waals surface area contributed by atoms with Crippen molar-refractivity contribution in [1.29, 1.82) is 0 Å². The lowest BCUT2D eigenvalue weighted by atomic mass is 9.84. The number of ether oxygens (including phenoxy) is 1. The molecule has 0 aliphatic rings. The van der Waals surface area contributed by atoms with E-state index in [9.17, 15) is 5.11 Å². The van der Waals surface area contributed by atoms with E-state index >= 15 is 0 Å². The van der Waals surface area contributed by atoms with E-state index in [-0.39, 0.29) is 11.2 Å². The second-order valence-electron chi connectivity index (χ2n) is 6.42. The lowest BCUT2D eigenvalue weighted by Gasteiger charge is -2.24. The van der Waals surface area contributed by atoms with Crippen LogP contribution >= 0.6 is 11.6 Å². The maximum absolute atomic E-state index is 10.4. The molecule has 0 fully saturated rings. The number of hydrogen-bond acceptors (Lipinski definition) is 3. The second kappa shape index (κ2) is 6.19. The van der Waals surface area contributed by atoms with E-state index in [1.54, 1.807) is 19.2 Å². The summed E-state index contributed by atoms with van der Waals surface area (Å²) in [5.74, 6) is 0.0646. The molecule has 2 rings (SSSR count). The van der Waals surface area contributed by atoms with Crippen LogP contribution in [0.5, 0.6) is 5.75 Å². The van der Waals surface area contributed by atoms with Gasteiger partial charge in [0.25, 0.3) is 0 Å². The number of phenolic OH excluding ortho intramolecular Hbond substituents is 1. The molecule has 1 unspecified atom stereocenters. The van der Waals surface area contributed by atoms with Gasteiger partial charge in [0.15, 0.2) is 0 Å². The van der Waals surface area contributed by atoms with Crippen molar-refractivity contribution in [1.82, 2.24) is 0 Å². The summed E-state index contributed by atoms with van der Waals surface area (Å²) in [6.07, 6.45) is -0.401. The fourth-order valence-electron chi connectivity index (χ4n) is 2.39. The predicted molar refractivity (Wildman–Crippen MR) is 91.5 cm³/mol. The minimum absolute atomic E-state index is 0.0646. The van der Waals surface area contributed by atoms with Crippen molar-refractivity contribution in [3.63, 3.8) is 0 Å². The lowest BCUT2D eigenvalue weighted by molar-refractivity contribution is 0.134. The Morgan fingerprint density at radius 3 is 2.23 bits per heavy atom. The van der Waals surface area contributed by atoms with E-state index < -0.39 is 6.10 Å². The van der Waals surface area contributed by atoms with Crippen molar-refractivity contribution in [2.45, 2.75) is 32.3 Å². The van der Waals surface area contributed by atoms with E-state index in [0.717, 1.165) is 11.1 Å². The Morgan fingerprint density at radius 2 is 1.73 bits per heavy atom. The number of aromatic hydroxyl groups is 1. The predicted octanol–water partition coefficient (Wildman–Crippen LogP) is 4.66. The first-order valence-electron chi connectivity index (χ1n) is 7.15. The van der Waals surface area contributed by atoms with Gasteiger partial charge in [-0.15, -0.1) is 0 Å². The number of benzene rings is 2. The third-order valence-corrected chi connectivity index (χ3v) is 3.98. The summed E-state index contributed by atoms with van der Waals surface area (Å²) in [6, 6.07) is 11.1. The summed E-state index contributed by atoms with van der Waals surface area (Å²) in [4.78, 5) is 0. The molecule has 22 heavy (non-hydrogen) atoms. The van der Waals surface area contributed by atoms with Crippen LogP contribution in [0.25, 0.3) is 0 Å². The van der Waals surface area contributed by atoms with Crippen molar-refractivity contribution in [3.05, 3.63) is 58.1 Å². The van der Waals surface area contributed by atoms with Gasteiger partial charge in [0.05, 0.1) is 5.69 Å². The first-order valence-corrected chi connectivity index (χ1v) is 7.53. The van der Waals surface area contributed by atoms with Crippen molar-refractivity contribution in [3.8, 4) is 5.75 Å². The van der Waals surface area contributed by atoms with Crippen molar-refractivity contribution < 1.29 is 9.84 Å². The Labute approximate surface area is 136 Å². The molecule has 0 spiro atoms. The van der Waals surface area contributed by atoms with Gasteiger partial charge in [0, 0.05) is 17.7 Å². The molecule has 1 atom stereocenters. The summed E-state index contributed by atoms with van der Waals surface area (Å²) in [6.45, 7) is 6.31. The zero-order valence-electron chi connectivity index (χ0n) is 13.4. The van der Waals surface area contributed by atoms with Gasteiger partial charge in [-0.2, -0.15) is 0 Å². The maximum atomic E-state index is 10.4. The van der Waals surface area contributed by atoms with Gasteiger partial charge >= 0.3 is 0 Å². The smallest absolute Gasteiger partial charge is 0.144 e. The zero-order chi connectivity index (χ0) is 16.5. The van der Waals surface area contributed by atoms with Crippen LogP contribution in [0.4, 0.5) is 5.69 Å². The van der Waals surface area contributed by atoms with Gasteiger partial charge < -0.3 is 15.6 Å². The molecule has 2 aromatic rings. The van der Waals surface area contributed by atoms with E-state index in [2.05, 4.69) is 20.8 Å². The number of halogens is 1.